The van der Waals surface area contributed by atoms with Crippen LogP contribution in [0.3, 0.4) is 0 Å². The molecule has 0 spiro atoms. The Balaban J connectivity index is 1.79. The lowest BCUT2D eigenvalue weighted by molar-refractivity contribution is 0.0925. The molecule has 7 heteroatoms. The van der Waals surface area contributed by atoms with E-state index in [-0.39, 0.29) is 17.9 Å². The van der Waals surface area contributed by atoms with Crippen LogP contribution in [0.4, 0.5) is 0 Å². The fourth-order valence-electron chi connectivity index (χ4n) is 3.30. The van der Waals surface area contributed by atoms with E-state index in [1.807, 2.05) is 32.0 Å². The van der Waals surface area contributed by atoms with Gasteiger partial charge in [0.2, 0.25) is 0 Å². The summed E-state index contributed by atoms with van der Waals surface area (Å²) in [4.78, 5) is 17.2. The Hall–Kier alpha value is -3.35. The second-order valence-electron chi connectivity index (χ2n) is 7.49. The molecule has 1 aromatic heterocycles. The molecule has 0 saturated carbocycles. The highest BCUT2D eigenvalue weighted by molar-refractivity contribution is 5.94. The number of rotatable bonds is 9. The third-order valence-electron chi connectivity index (χ3n) is 4.80. The lowest BCUT2D eigenvalue weighted by Gasteiger charge is -2.24. The molecule has 31 heavy (non-hydrogen) atoms. The van der Waals surface area contributed by atoms with Crippen molar-refractivity contribution in [2.75, 3.05) is 13.2 Å². The van der Waals surface area contributed by atoms with Crippen LogP contribution in [-0.4, -0.2) is 29.3 Å². The predicted octanol–water partition coefficient (Wildman–Crippen LogP) is 4.97. The van der Waals surface area contributed by atoms with E-state index in [9.17, 15) is 4.79 Å². The van der Waals surface area contributed by atoms with Crippen molar-refractivity contribution in [1.82, 2.24) is 15.5 Å². The molecule has 0 radical (unpaired) electrons. The van der Waals surface area contributed by atoms with Crippen LogP contribution in [0.1, 0.15) is 55.5 Å². The van der Waals surface area contributed by atoms with Crippen molar-refractivity contribution in [1.29, 1.82) is 0 Å². The average Bonchev–Trinajstić information content (AvgIpc) is 3.19. The van der Waals surface area contributed by atoms with Gasteiger partial charge in [-0.15, -0.1) is 0 Å². The first-order chi connectivity index (χ1) is 14.9. The molecule has 0 aliphatic rings. The Kier molecular flexibility index (Phi) is 7.28. The Morgan fingerprint density at radius 1 is 1.03 bits per heavy atom. The number of ether oxygens (including phenoxy) is 2. The van der Waals surface area contributed by atoms with E-state index in [2.05, 4.69) is 29.3 Å². The molecule has 2 aromatic carbocycles. The minimum Gasteiger partial charge on any atom is -0.490 e. The minimum atomic E-state index is -0.180. The van der Waals surface area contributed by atoms with Gasteiger partial charge in [0.05, 0.1) is 19.3 Å². The molecule has 7 nitrogen and oxygen atoms in total. The fraction of sp³-hybridized carbons (Fsp3) is 0.375. The van der Waals surface area contributed by atoms with Crippen molar-refractivity contribution in [3.8, 4) is 23.0 Å². The number of carbonyl (C=O) groups excluding carboxylic acids is 1. The predicted molar refractivity (Wildman–Crippen MR) is 118 cm³/mol. The van der Waals surface area contributed by atoms with E-state index in [0.717, 1.165) is 11.1 Å². The van der Waals surface area contributed by atoms with Gasteiger partial charge in [-0.1, -0.05) is 25.1 Å². The lowest BCUT2D eigenvalue weighted by atomic mass is 9.95. The fourth-order valence-corrected chi connectivity index (χ4v) is 3.30. The van der Waals surface area contributed by atoms with E-state index in [4.69, 9.17) is 14.0 Å². The van der Waals surface area contributed by atoms with Crippen LogP contribution in [-0.2, 0) is 0 Å². The molecule has 0 aliphatic heterocycles. The zero-order valence-corrected chi connectivity index (χ0v) is 18.6. The molecule has 0 saturated heterocycles. The highest BCUT2D eigenvalue weighted by Gasteiger charge is 2.21. The molecule has 1 heterocycles. The summed E-state index contributed by atoms with van der Waals surface area (Å²) < 4.78 is 16.6. The van der Waals surface area contributed by atoms with Gasteiger partial charge in [-0.3, -0.25) is 4.79 Å². The Labute approximate surface area is 182 Å². The van der Waals surface area contributed by atoms with Crippen molar-refractivity contribution in [3.63, 3.8) is 0 Å². The van der Waals surface area contributed by atoms with E-state index < -0.39 is 0 Å². The van der Waals surface area contributed by atoms with Crippen molar-refractivity contribution in [3.05, 3.63) is 59.4 Å². The van der Waals surface area contributed by atoms with Crippen LogP contribution in [0.5, 0.6) is 11.5 Å². The van der Waals surface area contributed by atoms with Gasteiger partial charge >= 0.3 is 0 Å². The van der Waals surface area contributed by atoms with Crippen LogP contribution in [0.15, 0.2) is 47.0 Å². The largest absolute Gasteiger partial charge is 0.490 e. The number of hydrogen-bond acceptors (Lipinski definition) is 6. The quantitative estimate of drug-likeness (QED) is 0.523. The Morgan fingerprint density at radius 2 is 1.71 bits per heavy atom. The highest BCUT2D eigenvalue weighted by atomic mass is 16.5. The van der Waals surface area contributed by atoms with Crippen LogP contribution in [0.25, 0.3) is 11.5 Å². The van der Waals surface area contributed by atoms with Gasteiger partial charge in [0.15, 0.2) is 17.3 Å². The minimum absolute atomic E-state index is 0.154. The number of nitrogens with one attached hydrogen (secondary N) is 1. The normalized spacial score (nSPS) is 11.9. The number of amides is 1. The Morgan fingerprint density at radius 3 is 2.29 bits per heavy atom. The summed E-state index contributed by atoms with van der Waals surface area (Å²) in [6.07, 6.45) is 0. The molecule has 3 rings (SSSR count). The average molecular weight is 424 g/mol. The van der Waals surface area contributed by atoms with E-state index >= 15 is 0 Å². The third-order valence-corrected chi connectivity index (χ3v) is 4.80. The lowest BCUT2D eigenvalue weighted by Crippen LogP contribution is -2.31. The molecular formula is C24H29N3O4. The molecule has 1 N–H and O–H groups in total. The molecule has 0 aliphatic carbocycles. The monoisotopic (exact) mass is 423 g/mol. The first kappa shape index (κ1) is 22.3. The van der Waals surface area contributed by atoms with Crippen LogP contribution in [0, 0.1) is 12.8 Å². The van der Waals surface area contributed by atoms with Crippen molar-refractivity contribution in [2.24, 2.45) is 5.92 Å². The summed E-state index contributed by atoms with van der Waals surface area (Å²) in [6, 6.07) is 12.7. The zero-order chi connectivity index (χ0) is 22.4. The molecule has 3 aromatic rings. The second kappa shape index (κ2) is 10.1. The molecule has 0 fully saturated rings. The van der Waals surface area contributed by atoms with Crippen molar-refractivity contribution < 1.29 is 18.8 Å². The maximum absolute atomic E-state index is 12.9. The number of hydrogen-bond donors (Lipinski definition) is 1. The summed E-state index contributed by atoms with van der Waals surface area (Å²) in [7, 11) is 0. The van der Waals surface area contributed by atoms with Crippen molar-refractivity contribution in [2.45, 2.75) is 40.7 Å². The van der Waals surface area contributed by atoms with Gasteiger partial charge in [0.25, 0.3) is 11.8 Å². The van der Waals surface area contributed by atoms with Gasteiger partial charge in [-0.05, 0) is 68.7 Å². The smallest absolute Gasteiger partial charge is 0.257 e. The summed E-state index contributed by atoms with van der Waals surface area (Å²) in [5.74, 6) is 2.41. The van der Waals surface area contributed by atoms with Crippen LogP contribution >= 0.6 is 0 Å². The summed E-state index contributed by atoms with van der Waals surface area (Å²) in [6.45, 7) is 10.9. The summed E-state index contributed by atoms with van der Waals surface area (Å²) >= 11 is 0. The molecule has 0 unspecified atom stereocenters. The topological polar surface area (TPSA) is 86.5 Å². The first-order valence-corrected chi connectivity index (χ1v) is 10.5. The standard InChI is InChI=1S/C24H29N3O4/c1-6-29-20-13-12-19(14-21(20)30-7-2)22(15(3)4)26-23(28)17-8-10-18(11-9-17)24-25-16(5)27-31-24/h8-15,22H,6-7H2,1-5H3,(H,26,28)/t22-/m0/s1. The molecule has 164 valence electrons. The van der Waals surface area contributed by atoms with Gasteiger partial charge in [-0.25, -0.2) is 0 Å². The second-order valence-corrected chi connectivity index (χ2v) is 7.49. The van der Waals surface area contributed by atoms with E-state index in [0.29, 0.717) is 42.0 Å². The number of nitrogens with zero attached hydrogens (tertiary/aromatic N) is 2. The highest BCUT2D eigenvalue weighted by Crippen LogP contribution is 2.33. The first-order valence-electron chi connectivity index (χ1n) is 10.5. The van der Waals surface area contributed by atoms with E-state index in [1.54, 1.807) is 31.2 Å². The van der Waals surface area contributed by atoms with Gasteiger partial charge in [0, 0.05) is 11.1 Å². The third kappa shape index (κ3) is 5.42. The maximum Gasteiger partial charge on any atom is 0.257 e. The van der Waals surface area contributed by atoms with Gasteiger partial charge < -0.3 is 19.3 Å². The number of carbonyl (C=O) groups is 1. The van der Waals surface area contributed by atoms with Gasteiger partial charge in [-0.2, -0.15) is 4.98 Å². The number of aromatic nitrogens is 2. The van der Waals surface area contributed by atoms with E-state index in [1.165, 1.54) is 0 Å². The Bertz CT molecular complexity index is 1010. The molecule has 1 amide bonds. The number of benzene rings is 2. The van der Waals surface area contributed by atoms with Crippen LogP contribution in [0.2, 0.25) is 0 Å². The summed E-state index contributed by atoms with van der Waals surface area (Å²) in [5.41, 5.74) is 2.29. The summed E-state index contributed by atoms with van der Waals surface area (Å²) in [5, 5.41) is 6.94. The van der Waals surface area contributed by atoms with Crippen molar-refractivity contribution >= 4 is 5.91 Å². The van der Waals surface area contributed by atoms with Gasteiger partial charge in [0.1, 0.15) is 0 Å². The van der Waals surface area contributed by atoms with Crippen LogP contribution < -0.4 is 14.8 Å². The SMILES string of the molecule is CCOc1ccc([C@@H](NC(=O)c2ccc(-c3nc(C)no3)cc2)C(C)C)cc1OCC. The molecule has 1 atom stereocenters. The zero-order valence-electron chi connectivity index (χ0n) is 18.6. The molecule has 0 bridgehead atoms. The number of aryl methyl sites for hydroxylation is 1. The molecular weight excluding hydrogens is 394 g/mol. The maximum atomic E-state index is 12.9.